The van der Waals surface area contributed by atoms with Crippen LogP contribution in [0.5, 0.6) is 0 Å². The molecule has 7 heteroatoms. The van der Waals surface area contributed by atoms with Crippen LogP contribution in [0.15, 0.2) is 22.6 Å². The van der Waals surface area contributed by atoms with E-state index in [1.807, 2.05) is 19.9 Å². The molecule has 25 heavy (non-hydrogen) atoms. The molecule has 1 aromatic rings. The van der Waals surface area contributed by atoms with Gasteiger partial charge in [-0.3, -0.25) is 9.59 Å². The molecule has 0 unspecified atom stereocenters. The number of carbonyl (C=O) groups excluding carboxylic acids is 1. The van der Waals surface area contributed by atoms with Gasteiger partial charge in [-0.05, 0) is 33.1 Å². The second-order valence-electron chi connectivity index (χ2n) is 6.88. The minimum absolute atomic E-state index is 0.0259. The number of amides is 1. The lowest BCUT2D eigenvalue weighted by Crippen LogP contribution is -2.51. The maximum Gasteiger partial charge on any atom is 0.263 e. The molecule has 2 atom stereocenters. The van der Waals surface area contributed by atoms with E-state index < -0.39 is 11.5 Å². The summed E-state index contributed by atoms with van der Waals surface area (Å²) in [5, 5.41) is 2.86. The second-order valence-corrected chi connectivity index (χ2v) is 6.88. The first-order chi connectivity index (χ1) is 12.0. The molecule has 136 valence electrons. The summed E-state index contributed by atoms with van der Waals surface area (Å²) in [5.74, 6) is 0.567. The summed E-state index contributed by atoms with van der Waals surface area (Å²) in [4.78, 5) is 31.6. The summed E-state index contributed by atoms with van der Waals surface area (Å²) >= 11 is 0. The quantitative estimate of drug-likeness (QED) is 0.761. The molecule has 1 aliphatic carbocycles. The molecule has 1 aliphatic heterocycles. The van der Waals surface area contributed by atoms with Crippen LogP contribution in [0.2, 0.25) is 0 Å². The first-order valence-electron chi connectivity index (χ1n) is 8.77. The summed E-state index contributed by atoms with van der Waals surface area (Å²) in [7, 11) is 0. The number of H-pyrrole nitrogens is 1. The van der Waals surface area contributed by atoms with E-state index >= 15 is 0 Å². The van der Waals surface area contributed by atoms with Crippen molar-refractivity contribution in [3.63, 3.8) is 0 Å². The first-order valence-corrected chi connectivity index (χ1v) is 8.77. The van der Waals surface area contributed by atoms with Gasteiger partial charge in [0.05, 0.1) is 25.4 Å². The molecule has 2 heterocycles. The number of nitrogens with one attached hydrogen (secondary N) is 2. The highest BCUT2D eigenvalue weighted by Gasteiger charge is 2.30. The lowest BCUT2D eigenvalue weighted by atomic mass is 10.1. The van der Waals surface area contributed by atoms with Gasteiger partial charge in [-0.2, -0.15) is 0 Å². The van der Waals surface area contributed by atoms with E-state index in [-0.39, 0.29) is 17.7 Å². The second kappa shape index (κ2) is 7.93. The smallest absolute Gasteiger partial charge is 0.263 e. The fourth-order valence-corrected chi connectivity index (χ4v) is 2.77. The van der Waals surface area contributed by atoms with Crippen LogP contribution in [0.3, 0.4) is 0 Å². The summed E-state index contributed by atoms with van der Waals surface area (Å²) in [6.07, 6.45) is 6.02. The summed E-state index contributed by atoms with van der Waals surface area (Å²) in [6, 6.07) is -0.283. The number of rotatable bonds is 6. The third-order valence-corrected chi connectivity index (χ3v) is 4.44. The van der Waals surface area contributed by atoms with Gasteiger partial charge in [0.15, 0.2) is 0 Å². The highest BCUT2D eigenvalue weighted by molar-refractivity contribution is 5.93. The Kier molecular flexibility index (Phi) is 5.65. The van der Waals surface area contributed by atoms with Crippen LogP contribution >= 0.6 is 0 Å². The molecule has 7 nitrogen and oxygen atoms in total. The average Bonchev–Trinajstić information content (AvgIpc) is 3.41. The fraction of sp³-hybridized carbons (Fsp3) is 0.611. The van der Waals surface area contributed by atoms with Crippen molar-refractivity contribution in [3.05, 3.63) is 39.6 Å². The largest absolute Gasteiger partial charge is 0.379 e. The van der Waals surface area contributed by atoms with Gasteiger partial charge in [0.1, 0.15) is 11.4 Å². The molecule has 3 rings (SSSR count). The fourth-order valence-electron chi connectivity index (χ4n) is 2.77. The number of hydrogen-bond acceptors (Lipinski definition) is 5. The molecule has 0 bridgehead atoms. The van der Waals surface area contributed by atoms with Crippen LogP contribution in [-0.4, -0.2) is 47.8 Å². The Labute approximate surface area is 146 Å². The molecule has 1 saturated heterocycles. The van der Waals surface area contributed by atoms with Crippen molar-refractivity contribution in [2.75, 3.05) is 19.8 Å². The van der Waals surface area contributed by atoms with Gasteiger partial charge in [0.2, 0.25) is 0 Å². The van der Waals surface area contributed by atoms with Crippen molar-refractivity contribution < 1.29 is 14.3 Å². The molecule has 0 spiro atoms. The molecule has 1 saturated carbocycles. The molecular weight excluding hydrogens is 322 g/mol. The van der Waals surface area contributed by atoms with Crippen molar-refractivity contribution in [2.24, 2.45) is 0 Å². The molecule has 0 radical (unpaired) electrons. The van der Waals surface area contributed by atoms with Crippen LogP contribution < -0.4 is 10.9 Å². The van der Waals surface area contributed by atoms with Gasteiger partial charge in [-0.15, -0.1) is 0 Å². The Morgan fingerprint density at radius 1 is 1.44 bits per heavy atom. The number of aromatic nitrogens is 2. The zero-order valence-corrected chi connectivity index (χ0v) is 14.7. The minimum Gasteiger partial charge on any atom is -0.379 e. The Bertz CT molecular complexity index is 705. The van der Waals surface area contributed by atoms with Gasteiger partial charge in [-0.1, -0.05) is 11.6 Å². The van der Waals surface area contributed by atoms with Gasteiger partial charge in [0.25, 0.3) is 11.5 Å². The van der Waals surface area contributed by atoms with Crippen molar-refractivity contribution in [3.8, 4) is 0 Å². The Morgan fingerprint density at radius 3 is 2.92 bits per heavy atom. The predicted octanol–water partition coefficient (Wildman–Crippen LogP) is 1.52. The third kappa shape index (κ3) is 4.76. The number of aromatic amines is 1. The van der Waals surface area contributed by atoms with Gasteiger partial charge < -0.3 is 19.8 Å². The molecular formula is C18H25N3O4. The van der Waals surface area contributed by atoms with Gasteiger partial charge in [0, 0.05) is 18.7 Å². The molecule has 2 N–H and O–H groups in total. The van der Waals surface area contributed by atoms with E-state index in [1.54, 1.807) is 0 Å². The zero-order chi connectivity index (χ0) is 17.8. The maximum absolute atomic E-state index is 12.5. The minimum atomic E-state index is -0.442. The number of hydrogen-bond donors (Lipinski definition) is 2. The highest BCUT2D eigenvalue weighted by atomic mass is 16.5. The number of allylic oxidation sites excluding steroid dienone is 1. The Morgan fingerprint density at radius 2 is 2.24 bits per heavy atom. The molecule has 2 aliphatic rings. The van der Waals surface area contributed by atoms with Gasteiger partial charge in [-0.25, -0.2) is 4.98 Å². The lowest BCUT2D eigenvalue weighted by Gasteiger charge is -2.31. The Hall–Kier alpha value is -1.99. The molecule has 2 fully saturated rings. The molecule has 1 aromatic heterocycles. The van der Waals surface area contributed by atoms with E-state index in [2.05, 4.69) is 15.3 Å². The van der Waals surface area contributed by atoms with Crippen molar-refractivity contribution >= 4 is 5.91 Å². The third-order valence-electron chi connectivity index (χ3n) is 4.44. The topological polar surface area (TPSA) is 93.3 Å². The maximum atomic E-state index is 12.5. The predicted molar refractivity (Wildman–Crippen MR) is 92.7 cm³/mol. The standard InChI is InChI=1S/C18H25N3O4/c1-11(2)5-8-25-15-6-7-24-10-14(15)20-17(22)13-9-19-16(12-3-4-12)21-18(13)23/h5,9,12,14-15H,3-4,6-8,10H2,1-2H3,(H,20,22)(H,19,21,23)/t14-,15+/m1/s1. The van der Waals surface area contributed by atoms with E-state index in [0.717, 1.165) is 12.8 Å². The van der Waals surface area contributed by atoms with E-state index in [4.69, 9.17) is 9.47 Å². The molecule has 0 aromatic carbocycles. The lowest BCUT2D eigenvalue weighted by molar-refractivity contribution is -0.0457. The number of ether oxygens (including phenoxy) is 2. The monoisotopic (exact) mass is 347 g/mol. The molecule has 1 amide bonds. The first kappa shape index (κ1) is 17.8. The zero-order valence-electron chi connectivity index (χ0n) is 14.7. The van der Waals surface area contributed by atoms with E-state index in [9.17, 15) is 9.59 Å². The van der Waals surface area contributed by atoms with Crippen LogP contribution in [0.25, 0.3) is 0 Å². The number of nitrogens with zero attached hydrogens (tertiary/aromatic N) is 1. The summed E-state index contributed by atoms with van der Waals surface area (Å²) < 4.78 is 11.3. The van der Waals surface area contributed by atoms with E-state index in [1.165, 1.54) is 11.8 Å². The SMILES string of the molecule is CC(C)=CCO[C@H]1CCOC[C@H]1NC(=O)c1cnc(C2CC2)[nH]c1=O. The van der Waals surface area contributed by atoms with Crippen LogP contribution in [0.4, 0.5) is 0 Å². The van der Waals surface area contributed by atoms with E-state index in [0.29, 0.717) is 38.0 Å². The van der Waals surface area contributed by atoms with Crippen molar-refractivity contribution in [1.29, 1.82) is 0 Å². The summed E-state index contributed by atoms with van der Waals surface area (Å²) in [5.41, 5.74) is 0.812. The van der Waals surface area contributed by atoms with Crippen LogP contribution in [0.1, 0.15) is 55.2 Å². The van der Waals surface area contributed by atoms with Crippen molar-refractivity contribution in [2.45, 2.75) is 51.2 Å². The summed E-state index contributed by atoms with van der Waals surface area (Å²) in [6.45, 7) is 5.49. The van der Waals surface area contributed by atoms with Gasteiger partial charge >= 0.3 is 0 Å². The van der Waals surface area contributed by atoms with Crippen molar-refractivity contribution in [1.82, 2.24) is 15.3 Å². The van der Waals surface area contributed by atoms with Crippen LogP contribution in [0, 0.1) is 0 Å². The van der Waals surface area contributed by atoms with Crippen LogP contribution in [-0.2, 0) is 9.47 Å². The number of carbonyl (C=O) groups is 1. The highest BCUT2D eigenvalue weighted by Crippen LogP contribution is 2.37. The normalized spacial score (nSPS) is 23.1. The Balaban J connectivity index is 1.63. The average molecular weight is 347 g/mol.